The Balaban J connectivity index is 0.000000185. The van der Waals surface area contributed by atoms with Gasteiger partial charge >= 0.3 is 18.3 Å². The summed E-state index contributed by atoms with van der Waals surface area (Å²) in [4.78, 5) is 42.3. The second kappa shape index (κ2) is 27.0. The van der Waals surface area contributed by atoms with Crippen molar-refractivity contribution in [2.24, 2.45) is 5.11 Å². The molecule has 69 heavy (non-hydrogen) atoms. The Hall–Kier alpha value is -5.52. The number of nitrogens with zero attached hydrogens (tertiary/aromatic N) is 12. The molecule has 2 aromatic heterocycles. The van der Waals surface area contributed by atoms with E-state index in [9.17, 15) is 27.6 Å². The van der Waals surface area contributed by atoms with Crippen molar-refractivity contribution in [1.29, 1.82) is 0 Å². The molecule has 3 amide bonds. The van der Waals surface area contributed by atoms with Gasteiger partial charge in [-0.25, -0.2) is 36.9 Å². The predicted molar refractivity (Wildman–Crippen MR) is 266 cm³/mol. The smallest absolute Gasteiger partial charge is 0.414 e. The van der Waals surface area contributed by atoms with Gasteiger partial charge in [-0.2, -0.15) is 0 Å². The van der Waals surface area contributed by atoms with Gasteiger partial charge in [-0.1, -0.05) is 21.5 Å². The number of ether oxygens (including phenoxy) is 6. The number of carbonyl (C=O) groups is 3. The number of terminal acetylenes is 1. The van der Waals surface area contributed by atoms with E-state index >= 15 is 0 Å². The highest BCUT2D eigenvalue weighted by Gasteiger charge is 2.35. The number of methoxy groups -OCH3 is 3. The van der Waals surface area contributed by atoms with Crippen LogP contribution in [0, 0.1) is 40.5 Å². The summed E-state index contributed by atoms with van der Waals surface area (Å²) < 4.78 is 75.5. The van der Waals surface area contributed by atoms with Gasteiger partial charge in [-0.05, 0) is 128 Å². The topological polar surface area (TPSA) is 226 Å². The zero-order valence-electron chi connectivity index (χ0n) is 36.8. The first-order valence-corrected chi connectivity index (χ1v) is 23.4. The van der Waals surface area contributed by atoms with E-state index in [1.165, 1.54) is 32.9 Å². The van der Waals surface area contributed by atoms with Crippen molar-refractivity contribution in [3.05, 3.63) is 117 Å². The molecular formula is C42H42F3I3N12O9. The van der Waals surface area contributed by atoms with Crippen LogP contribution >= 0.6 is 67.8 Å². The van der Waals surface area contributed by atoms with E-state index in [-0.39, 0.29) is 42.7 Å². The molecule has 0 radical (unpaired) electrons. The summed E-state index contributed by atoms with van der Waals surface area (Å²) in [7, 11) is 4.73. The molecule has 3 fully saturated rings. The highest BCUT2D eigenvalue weighted by atomic mass is 127. The van der Waals surface area contributed by atoms with Gasteiger partial charge < -0.3 is 28.4 Å². The lowest BCUT2D eigenvalue weighted by molar-refractivity contribution is 0.128. The third kappa shape index (κ3) is 16.0. The van der Waals surface area contributed by atoms with Crippen molar-refractivity contribution in [2.45, 2.75) is 44.6 Å². The minimum absolute atomic E-state index is 0.0750. The van der Waals surface area contributed by atoms with Gasteiger partial charge in [0.1, 0.15) is 53.8 Å². The van der Waals surface area contributed by atoms with Crippen LogP contribution in [0.25, 0.3) is 10.4 Å². The Morgan fingerprint density at radius 2 is 1.06 bits per heavy atom. The van der Waals surface area contributed by atoms with Crippen LogP contribution in [0.1, 0.15) is 11.4 Å². The average molecular weight is 1300 g/mol. The summed E-state index contributed by atoms with van der Waals surface area (Å²) in [6.07, 6.45) is 5.46. The highest BCUT2D eigenvalue weighted by Crippen LogP contribution is 2.28. The number of carbonyl (C=O) groups excluding carboxylic acids is 3. The molecule has 3 aliphatic heterocycles. The molecular weight excluding hydrogens is 1250 g/mol. The fraction of sp³-hybridized carbons (Fsp3) is 0.357. The maximum absolute atomic E-state index is 13.7. The summed E-state index contributed by atoms with van der Waals surface area (Å²) in [6.45, 7) is 2.91. The van der Waals surface area contributed by atoms with E-state index in [2.05, 4.69) is 41.3 Å². The van der Waals surface area contributed by atoms with Crippen molar-refractivity contribution in [1.82, 2.24) is 30.0 Å². The molecule has 8 rings (SSSR count). The van der Waals surface area contributed by atoms with Crippen LogP contribution in [0.2, 0.25) is 0 Å². The molecule has 5 heterocycles. The normalized spacial score (nSPS) is 17.0. The van der Waals surface area contributed by atoms with Gasteiger partial charge in [-0.3, -0.25) is 14.7 Å². The third-order valence-corrected chi connectivity index (χ3v) is 12.0. The van der Waals surface area contributed by atoms with Crippen molar-refractivity contribution < 1.29 is 56.0 Å². The van der Waals surface area contributed by atoms with E-state index in [0.29, 0.717) is 85.2 Å². The maximum Gasteiger partial charge on any atom is 0.414 e. The van der Waals surface area contributed by atoms with Gasteiger partial charge in [0.25, 0.3) is 0 Å². The van der Waals surface area contributed by atoms with Gasteiger partial charge in [0.05, 0.1) is 81.9 Å². The summed E-state index contributed by atoms with van der Waals surface area (Å²) in [6, 6.07) is 13.8. The summed E-state index contributed by atoms with van der Waals surface area (Å²) in [5.74, 6) is 1.18. The van der Waals surface area contributed by atoms with Crippen LogP contribution in [-0.2, 0) is 54.7 Å². The first-order chi connectivity index (χ1) is 33.2. The molecule has 0 spiro atoms. The van der Waals surface area contributed by atoms with Crippen LogP contribution in [0.15, 0.2) is 72.1 Å². The number of hydrogen-bond donors (Lipinski definition) is 0. The average Bonchev–Trinajstić information content (AvgIpc) is 4.18. The number of azide groups is 1. The molecule has 21 nitrogen and oxygen atoms in total. The molecule has 3 aromatic carbocycles. The number of benzene rings is 3. The van der Waals surface area contributed by atoms with Crippen LogP contribution in [-0.4, -0.2) is 121 Å². The molecule has 3 saturated heterocycles. The van der Waals surface area contributed by atoms with Gasteiger partial charge in [0, 0.05) is 37.0 Å². The molecule has 0 saturated carbocycles. The zero-order chi connectivity index (χ0) is 50.0. The van der Waals surface area contributed by atoms with E-state index < -0.39 is 24.4 Å². The number of rotatable bonds is 14. The lowest BCUT2D eigenvalue weighted by Crippen LogP contribution is -2.26. The standard InChI is InChI=1S/2C14H14FIN4O3.C10H8FIN4O2.C4H6O/c2*1-22-8-9-5-19(18-17-9)6-11-7-20(14(21)23-11)10-2-3-13(16)12(15)4-10;11-8-3-6(1-2-9(8)12)16-5-7(4-14-15-13)18-10(16)17;1-3-4-5-2/h2*2-5,11H,6-8H2,1H3;1-3,7H,4-5H2;1H,4H2,2H3/t2*11-;7-;/m000./s1. The summed E-state index contributed by atoms with van der Waals surface area (Å²) in [5, 5.41) is 19.2. The quantitative estimate of drug-likeness (QED) is 0.0260. The van der Waals surface area contributed by atoms with E-state index in [0.717, 1.165) is 0 Å². The fourth-order valence-electron chi connectivity index (χ4n) is 6.35. The lowest BCUT2D eigenvalue weighted by Gasteiger charge is -2.13. The number of halogens is 6. The molecule has 0 aliphatic carbocycles. The molecule has 0 bridgehead atoms. The van der Waals surface area contributed by atoms with Crippen molar-refractivity contribution in [3.8, 4) is 12.3 Å². The van der Waals surface area contributed by atoms with Gasteiger partial charge in [0.2, 0.25) is 0 Å². The fourth-order valence-corrected chi connectivity index (χ4v) is 7.36. The number of cyclic esters (lactones) is 3. The van der Waals surface area contributed by atoms with Crippen LogP contribution < -0.4 is 14.7 Å². The molecule has 366 valence electrons. The first kappa shape index (κ1) is 54.4. The molecule has 0 unspecified atom stereocenters. The second-order valence-corrected chi connectivity index (χ2v) is 17.9. The van der Waals surface area contributed by atoms with E-state index in [1.54, 1.807) is 79.5 Å². The molecule has 3 aliphatic rings. The second-order valence-electron chi connectivity index (χ2n) is 14.4. The minimum atomic E-state index is -0.561. The lowest BCUT2D eigenvalue weighted by atomic mass is 10.2. The van der Waals surface area contributed by atoms with Crippen molar-refractivity contribution in [2.75, 3.05) is 68.8 Å². The molecule has 5 aromatic rings. The Morgan fingerprint density at radius 1 is 0.681 bits per heavy atom. The van der Waals surface area contributed by atoms with E-state index in [4.69, 9.17) is 35.6 Å². The van der Waals surface area contributed by atoms with Crippen LogP contribution in [0.4, 0.5) is 44.6 Å². The summed E-state index contributed by atoms with van der Waals surface area (Å²) in [5.41, 5.74) is 11.0. The van der Waals surface area contributed by atoms with Crippen molar-refractivity contribution >= 4 is 103 Å². The number of aromatic nitrogens is 6. The Morgan fingerprint density at radius 3 is 1.38 bits per heavy atom. The van der Waals surface area contributed by atoms with Crippen LogP contribution in [0.5, 0.6) is 0 Å². The Kier molecular flexibility index (Phi) is 21.3. The molecule has 3 atom stereocenters. The number of anilines is 3. The van der Waals surface area contributed by atoms with Crippen molar-refractivity contribution in [3.63, 3.8) is 0 Å². The zero-order valence-corrected chi connectivity index (χ0v) is 43.3. The number of amides is 3. The first-order valence-electron chi connectivity index (χ1n) is 20.1. The van der Waals surface area contributed by atoms with Crippen LogP contribution in [0.3, 0.4) is 0 Å². The third-order valence-electron chi connectivity index (χ3n) is 9.38. The number of hydrogen-bond acceptors (Lipinski definition) is 14. The Bertz CT molecular complexity index is 2530. The molecule has 0 N–H and O–H groups in total. The van der Waals surface area contributed by atoms with E-state index in [1.807, 2.05) is 67.8 Å². The van der Waals surface area contributed by atoms with Gasteiger partial charge in [0.15, 0.2) is 0 Å². The predicted octanol–water partition coefficient (Wildman–Crippen LogP) is 7.72. The largest absolute Gasteiger partial charge is 0.444 e. The highest BCUT2D eigenvalue weighted by molar-refractivity contribution is 14.1. The van der Waals surface area contributed by atoms with Gasteiger partial charge in [-0.15, -0.1) is 16.6 Å². The molecule has 27 heteroatoms. The maximum atomic E-state index is 13.7. The minimum Gasteiger partial charge on any atom is -0.444 e. The summed E-state index contributed by atoms with van der Waals surface area (Å²) >= 11 is 5.67. The SMILES string of the molecule is C#CCOC.COCc1cn(C[C@H]2CN(c3ccc(I)c(F)c3)C(=O)O2)nn1.COCc1cn(C[C@H]2CN(c3ccc(I)c(F)c3)C(=O)O2)nn1.[N-]=[N+]=NC[C@H]1CN(c2ccc(I)c(F)c2)C(=O)O1. The monoisotopic (exact) mass is 1300 g/mol. The Labute approximate surface area is 433 Å².